The van der Waals surface area contributed by atoms with Crippen LogP contribution < -0.4 is 10.6 Å². The molecule has 0 unspecified atom stereocenters. The Bertz CT molecular complexity index is 603. The minimum absolute atomic E-state index is 0.0277. The summed E-state index contributed by atoms with van der Waals surface area (Å²) in [6.07, 6.45) is 2.15. The summed E-state index contributed by atoms with van der Waals surface area (Å²) in [6.45, 7) is 0.728. The predicted molar refractivity (Wildman–Crippen MR) is 80.3 cm³/mol. The van der Waals surface area contributed by atoms with Gasteiger partial charge in [0.2, 0.25) is 0 Å². The summed E-state index contributed by atoms with van der Waals surface area (Å²) >= 11 is 0. The van der Waals surface area contributed by atoms with E-state index in [2.05, 4.69) is 0 Å². The Morgan fingerprint density at radius 3 is 2.52 bits per heavy atom. The molecule has 0 aliphatic heterocycles. The standard InChI is InChI=1S/C15H18N2O4/c16-14-2-1-12(17(4-6-18)5-7-19)9-13(14)15-11(10-20)3-8-21-15/h1-3,8-10,18-19H,4-7,16H2. The monoisotopic (exact) mass is 290 g/mol. The molecular weight excluding hydrogens is 272 g/mol. The van der Waals surface area contributed by atoms with Gasteiger partial charge in [-0.15, -0.1) is 0 Å². The third kappa shape index (κ3) is 3.24. The first-order chi connectivity index (χ1) is 10.2. The molecular formula is C15H18N2O4. The molecule has 6 nitrogen and oxygen atoms in total. The maximum Gasteiger partial charge on any atom is 0.153 e. The van der Waals surface area contributed by atoms with E-state index in [1.54, 1.807) is 24.3 Å². The third-order valence-electron chi connectivity index (χ3n) is 3.21. The van der Waals surface area contributed by atoms with Crippen molar-refractivity contribution in [1.82, 2.24) is 0 Å². The smallest absolute Gasteiger partial charge is 0.153 e. The summed E-state index contributed by atoms with van der Waals surface area (Å²) in [7, 11) is 0. The highest BCUT2D eigenvalue weighted by molar-refractivity contribution is 5.89. The lowest BCUT2D eigenvalue weighted by atomic mass is 10.1. The number of carbonyl (C=O) groups excluding carboxylic acids is 1. The van der Waals surface area contributed by atoms with Crippen LogP contribution in [0, 0.1) is 0 Å². The van der Waals surface area contributed by atoms with Crippen LogP contribution >= 0.6 is 0 Å². The van der Waals surface area contributed by atoms with Crippen LogP contribution in [0.1, 0.15) is 10.4 Å². The van der Waals surface area contributed by atoms with E-state index >= 15 is 0 Å². The summed E-state index contributed by atoms with van der Waals surface area (Å²) in [5.74, 6) is 0.414. The SMILES string of the molecule is Nc1ccc(N(CCO)CCO)cc1-c1occc1C=O. The molecule has 0 amide bonds. The zero-order valence-corrected chi connectivity index (χ0v) is 11.5. The largest absolute Gasteiger partial charge is 0.464 e. The maximum absolute atomic E-state index is 11.0. The molecule has 21 heavy (non-hydrogen) atoms. The van der Waals surface area contributed by atoms with Crippen molar-refractivity contribution in [3.8, 4) is 11.3 Å². The molecule has 0 aliphatic carbocycles. The normalized spacial score (nSPS) is 10.6. The fraction of sp³-hybridized carbons (Fsp3) is 0.267. The molecule has 2 aromatic rings. The fourth-order valence-corrected chi connectivity index (χ4v) is 2.18. The van der Waals surface area contributed by atoms with Crippen LogP contribution in [0.15, 0.2) is 34.9 Å². The highest BCUT2D eigenvalue weighted by Crippen LogP contribution is 2.32. The van der Waals surface area contributed by atoms with Crippen molar-refractivity contribution in [3.05, 3.63) is 36.1 Å². The van der Waals surface area contributed by atoms with Crippen LogP contribution in [0.25, 0.3) is 11.3 Å². The van der Waals surface area contributed by atoms with Crippen LogP contribution in [0.4, 0.5) is 11.4 Å². The minimum Gasteiger partial charge on any atom is -0.464 e. The van der Waals surface area contributed by atoms with Crippen molar-refractivity contribution < 1.29 is 19.4 Å². The summed E-state index contributed by atoms with van der Waals surface area (Å²) in [4.78, 5) is 12.8. The second kappa shape index (κ2) is 6.92. The van der Waals surface area contributed by atoms with Crippen molar-refractivity contribution in [2.24, 2.45) is 0 Å². The Kier molecular flexibility index (Phi) is 4.97. The molecule has 6 heteroatoms. The van der Waals surface area contributed by atoms with Gasteiger partial charge in [-0.3, -0.25) is 4.79 Å². The Morgan fingerprint density at radius 1 is 1.19 bits per heavy atom. The Labute approximate surface area is 122 Å². The van der Waals surface area contributed by atoms with Gasteiger partial charge in [0.15, 0.2) is 6.29 Å². The number of aliphatic hydroxyl groups excluding tert-OH is 2. The molecule has 4 N–H and O–H groups in total. The molecule has 1 heterocycles. The number of carbonyl (C=O) groups is 1. The highest BCUT2D eigenvalue weighted by atomic mass is 16.3. The number of hydrogen-bond acceptors (Lipinski definition) is 6. The second-order valence-corrected chi connectivity index (χ2v) is 4.53. The van der Waals surface area contributed by atoms with E-state index in [9.17, 15) is 4.79 Å². The average Bonchev–Trinajstić information content (AvgIpc) is 2.96. The molecule has 0 fully saturated rings. The quantitative estimate of drug-likeness (QED) is 0.522. The third-order valence-corrected chi connectivity index (χ3v) is 3.21. The number of aldehydes is 1. The predicted octanol–water partition coefficient (Wildman–Crippen LogP) is 1.13. The topological polar surface area (TPSA) is 99.9 Å². The number of anilines is 2. The van der Waals surface area contributed by atoms with Crippen molar-refractivity contribution in [1.29, 1.82) is 0 Å². The van der Waals surface area contributed by atoms with Crippen LogP contribution in [-0.4, -0.2) is 42.8 Å². The summed E-state index contributed by atoms with van der Waals surface area (Å²) in [5, 5.41) is 18.2. The molecule has 0 saturated heterocycles. The van der Waals surface area contributed by atoms with Crippen molar-refractivity contribution in [2.75, 3.05) is 36.9 Å². The van der Waals surface area contributed by atoms with Gasteiger partial charge < -0.3 is 25.3 Å². The number of rotatable bonds is 7. The lowest BCUT2D eigenvalue weighted by molar-refractivity contribution is 0.112. The van der Waals surface area contributed by atoms with Crippen LogP contribution in [0.3, 0.4) is 0 Å². The van der Waals surface area contributed by atoms with Crippen molar-refractivity contribution in [2.45, 2.75) is 0 Å². The first kappa shape index (κ1) is 15.1. The molecule has 0 atom stereocenters. The van der Waals surface area contributed by atoms with Gasteiger partial charge in [0.05, 0.1) is 25.0 Å². The molecule has 112 valence electrons. The molecule has 0 saturated carbocycles. The van der Waals surface area contributed by atoms with E-state index in [1.165, 1.54) is 6.26 Å². The van der Waals surface area contributed by atoms with Gasteiger partial charge in [0, 0.05) is 30.0 Å². The first-order valence-corrected chi connectivity index (χ1v) is 6.60. The molecule has 0 radical (unpaired) electrons. The first-order valence-electron chi connectivity index (χ1n) is 6.60. The van der Waals surface area contributed by atoms with Gasteiger partial charge in [-0.2, -0.15) is 0 Å². The summed E-state index contributed by atoms with van der Waals surface area (Å²) in [5.41, 5.74) is 8.27. The molecule has 2 rings (SSSR count). The number of hydrogen-bond donors (Lipinski definition) is 3. The lowest BCUT2D eigenvalue weighted by Crippen LogP contribution is -2.29. The zero-order chi connectivity index (χ0) is 15.2. The summed E-state index contributed by atoms with van der Waals surface area (Å²) < 4.78 is 5.35. The zero-order valence-electron chi connectivity index (χ0n) is 11.5. The van der Waals surface area contributed by atoms with Gasteiger partial charge in [-0.25, -0.2) is 0 Å². The number of benzene rings is 1. The van der Waals surface area contributed by atoms with Crippen LogP contribution in [-0.2, 0) is 0 Å². The molecule has 1 aromatic carbocycles. The second-order valence-electron chi connectivity index (χ2n) is 4.53. The van der Waals surface area contributed by atoms with Crippen LogP contribution in [0.5, 0.6) is 0 Å². The fourth-order valence-electron chi connectivity index (χ4n) is 2.18. The average molecular weight is 290 g/mol. The van der Waals surface area contributed by atoms with Gasteiger partial charge in [0.1, 0.15) is 5.76 Å². The molecule has 1 aromatic heterocycles. The van der Waals surface area contributed by atoms with Gasteiger partial charge in [-0.05, 0) is 24.3 Å². The van der Waals surface area contributed by atoms with Crippen LogP contribution in [0.2, 0.25) is 0 Å². The summed E-state index contributed by atoms with van der Waals surface area (Å²) in [6, 6.07) is 6.87. The Balaban J connectivity index is 2.43. The van der Waals surface area contributed by atoms with Gasteiger partial charge in [-0.1, -0.05) is 0 Å². The van der Waals surface area contributed by atoms with Gasteiger partial charge >= 0.3 is 0 Å². The van der Waals surface area contributed by atoms with Crippen molar-refractivity contribution in [3.63, 3.8) is 0 Å². The lowest BCUT2D eigenvalue weighted by Gasteiger charge is -2.23. The number of nitrogen functional groups attached to an aromatic ring is 1. The molecule has 0 aliphatic rings. The van der Waals surface area contributed by atoms with Crippen molar-refractivity contribution >= 4 is 17.7 Å². The minimum atomic E-state index is -0.0277. The number of furan rings is 1. The van der Waals surface area contributed by atoms with Gasteiger partial charge in [0.25, 0.3) is 0 Å². The van der Waals surface area contributed by atoms with E-state index in [-0.39, 0.29) is 13.2 Å². The number of aliphatic hydroxyl groups is 2. The Morgan fingerprint density at radius 2 is 1.90 bits per heavy atom. The number of nitrogens with zero attached hydrogens (tertiary/aromatic N) is 1. The molecule has 0 spiro atoms. The van der Waals surface area contributed by atoms with E-state index in [1.807, 2.05) is 4.90 Å². The maximum atomic E-state index is 11.0. The number of nitrogens with two attached hydrogens (primary N) is 1. The van der Waals surface area contributed by atoms with E-state index in [4.69, 9.17) is 20.4 Å². The Hall–Kier alpha value is -2.31. The molecule has 0 bridgehead atoms. The van der Waals surface area contributed by atoms with E-state index in [0.29, 0.717) is 42.0 Å². The van der Waals surface area contributed by atoms with E-state index < -0.39 is 0 Å². The van der Waals surface area contributed by atoms with E-state index in [0.717, 1.165) is 5.69 Å². The highest BCUT2D eigenvalue weighted by Gasteiger charge is 2.14.